The van der Waals surface area contributed by atoms with Gasteiger partial charge in [-0.25, -0.2) is 0 Å². The van der Waals surface area contributed by atoms with Crippen molar-refractivity contribution < 1.29 is 9.59 Å². The second-order valence-corrected chi connectivity index (χ2v) is 0.998. The third-order valence-electron chi connectivity index (χ3n) is 0.509. The van der Waals surface area contributed by atoms with Gasteiger partial charge in [0.25, 0.3) is 0 Å². The Hall–Kier alpha value is -0.795. The van der Waals surface area contributed by atoms with Gasteiger partial charge >= 0.3 is 7.28 Å². The van der Waals surface area contributed by atoms with Crippen molar-refractivity contribution in [2.24, 2.45) is 0 Å². The molecule has 1 heterocycles. The highest BCUT2D eigenvalue weighted by atomic mass is 16.2. The molecule has 1 aliphatic heterocycles. The van der Waals surface area contributed by atoms with Crippen molar-refractivity contribution >= 4 is 18.9 Å². The SMILES string of the molecule is O=C1[B]C(=O)N1. The standard InChI is InChI=1S/C2HBNO2/c5-1-3-2(6)4-1/h(H,4,5,6). The van der Waals surface area contributed by atoms with Crippen LogP contribution in [0, 0.1) is 0 Å². The Bertz CT molecular complexity index is 88.1. The van der Waals surface area contributed by atoms with Gasteiger partial charge < -0.3 is 5.32 Å². The molecule has 1 fully saturated rings. The van der Waals surface area contributed by atoms with Crippen molar-refractivity contribution in [3.8, 4) is 0 Å². The topological polar surface area (TPSA) is 46.2 Å². The summed E-state index contributed by atoms with van der Waals surface area (Å²) in [6.45, 7) is 0. The maximum Gasteiger partial charge on any atom is 0.351 e. The second-order valence-electron chi connectivity index (χ2n) is 0.998. The molecule has 1 aliphatic rings. The lowest BCUT2D eigenvalue weighted by Crippen LogP contribution is -2.50. The molecule has 4 heteroatoms. The molecular formula is C2HBNO2. The molecule has 0 saturated carbocycles. The minimum Gasteiger partial charge on any atom is -0.314 e. The van der Waals surface area contributed by atoms with Gasteiger partial charge in [0, 0.05) is 0 Å². The zero-order chi connectivity index (χ0) is 4.57. The molecule has 1 radical (unpaired) electrons. The van der Waals surface area contributed by atoms with Crippen LogP contribution in [0.5, 0.6) is 0 Å². The fourth-order valence-corrected chi connectivity index (χ4v) is 0.235. The van der Waals surface area contributed by atoms with E-state index in [0.717, 1.165) is 7.28 Å². The molecule has 1 saturated heterocycles. The molecule has 0 aliphatic carbocycles. The first-order valence-electron chi connectivity index (χ1n) is 1.49. The van der Waals surface area contributed by atoms with E-state index in [1.54, 1.807) is 0 Å². The van der Waals surface area contributed by atoms with Crippen LogP contribution in [0.1, 0.15) is 0 Å². The van der Waals surface area contributed by atoms with Crippen LogP contribution in [-0.2, 0) is 0 Å². The first kappa shape index (κ1) is 3.40. The van der Waals surface area contributed by atoms with Gasteiger partial charge in [0.2, 0.25) is 0 Å². The minimum atomic E-state index is -0.292. The third-order valence-corrected chi connectivity index (χ3v) is 0.509. The van der Waals surface area contributed by atoms with Gasteiger partial charge in [-0.1, -0.05) is 0 Å². The summed E-state index contributed by atoms with van der Waals surface area (Å²) in [4.78, 5) is 19.4. The van der Waals surface area contributed by atoms with E-state index in [9.17, 15) is 9.59 Å². The van der Waals surface area contributed by atoms with Crippen molar-refractivity contribution in [2.45, 2.75) is 0 Å². The van der Waals surface area contributed by atoms with Crippen LogP contribution >= 0.6 is 0 Å². The van der Waals surface area contributed by atoms with Crippen molar-refractivity contribution in [2.75, 3.05) is 0 Å². The lowest BCUT2D eigenvalue weighted by atomic mass is 9.69. The average Bonchev–Trinajstić information content (AvgIpc) is 1.33. The maximum atomic E-state index is 9.72. The van der Waals surface area contributed by atoms with Crippen molar-refractivity contribution in [1.82, 2.24) is 5.32 Å². The predicted octanol–water partition coefficient (Wildman–Crippen LogP) is -0.466. The number of amides is 2. The number of nitrogens with one attached hydrogen (secondary N) is 1. The Morgan fingerprint density at radius 1 is 1.33 bits per heavy atom. The summed E-state index contributed by atoms with van der Waals surface area (Å²) in [5, 5.41) is 1.97. The highest BCUT2D eigenvalue weighted by molar-refractivity contribution is 7.04. The van der Waals surface area contributed by atoms with Gasteiger partial charge in [-0.2, -0.15) is 0 Å². The summed E-state index contributed by atoms with van der Waals surface area (Å²) in [5.41, 5.74) is 0. The van der Waals surface area contributed by atoms with Crippen LogP contribution in [-0.4, -0.2) is 18.9 Å². The van der Waals surface area contributed by atoms with E-state index in [4.69, 9.17) is 0 Å². The van der Waals surface area contributed by atoms with Crippen LogP contribution < -0.4 is 5.32 Å². The molecule has 0 spiro atoms. The Kier molecular flexibility index (Phi) is 0.471. The molecule has 6 heavy (non-hydrogen) atoms. The molecule has 0 bridgehead atoms. The highest BCUT2D eigenvalue weighted by Crippen LogP contribution is 1.81. The van der Waals surface area contributed by atoms with E-state index in [0.29, 0.717) is 0 Å². The summed E-state index contributed by atoms with van der Waals surface area (Å²) >= 11 is 0. The number of rotatable bonds is 0. The average molecular weight is 81.8 g/mol. The van der Waals surface area contributed by atoms with Crippen LogP contribution in [0.3, 0.4) is 0 Å². The van der Waals surface area contributed by atoms with Crippen LogP contribution in [0.4, 0.5) is 9.59 Å². The number of carbonyl (C=O) groups is 2. The van der Waals surface area contributed by atoms with E-state index in [-0.39, 0.29) is 11.6 Å². The smallest absolute Gasteiger partial charge is 0.314 e. The van der Waals surface area contributed by atoms with Crippen molar-refractivity contribution in [1.29, 1.82) is 0 Å². The quantitative estimate of drug-likeness (QED) is 0.401. The Balaban J connectivity index is 2.47. The molecule has 0 atom stereocenters. The molecule has 1 N–H and O–H groups in total. The Labute approximate surface area is 35.0 Å². The zero-order valence-electron chi connectivity index (χ0n) is 2.89. The van der Waals surface area contributed by atoms with E-state index >= 15 is 0 Å². The first-order valence-corrected chi connectivity index (χ1v) is 1.49. The number of carbonyl (C=O) groups excluding carboxylic acids is 2. The molecule has 3 nitrogen and oxygen atoms in total. The number of hydrogen-bond donors (Lipinski definition) is 1. The largest absolute Gasteiger partial charge is 0.351 e. The van der Waals surface area contributed by atoms with Gasteiger partial charge in [-0.3, -0.25) is 9.59 Å². The highest BCUT2D eigenvalue weighted by Gasteiger charge is 2.23. The van der Waals surface area contributed by atoms with Crippen molar-refractivity contribution in [3.05, 3.63) is 0 Å². The van der Waals surface area contributed by atoms with Crippen LogP contribution in [0.15, 0.2) is 0 Å². The monoisotopic (exact) mass is 82.0 g/mol. The number of imide groups is 1. The van der Waals surface area contributed by atoms with E-state index < -0.39 is 0 Å². The Morgan fingerprint density at radius 2 is 1.67 bits per heavy atom. The minimum absolute atomic E-state index is 0.292. The summed E-state index contributed by atoms with van der Waals surface area (Å²) < 4.78 is 0. The van der Waals surface area contributed by atoms with Gasteiger partial charge in [-0.15, -0.1) is 0 Å². The lowest BCUT2D eigenvalue weighted by Gasteiger charge is -2.06. The molecule has 1 rings (SSSR count). The second kappa shape index (κ2) is 0.832. The lowest BCUT2D eigenvalue weighted by molar-refractivity contribution is 0.242. The van der Waals surface area contributed by atoms with Gasteiger partial charge in [-0.05, 0) is 0 Å². The van der Waals surface area contributed by atoms with E-state index in [1.165, 1.54) is 0 Å². The van der Waals surface area contributed by atoms with Crippen molar-refractivity contribution in [3.63, 3.8) is 0 Å². The molecule has 2 amide bonds. The van der Waals surface area contributed by atoms with Gasteiger partial charge in [0.05, 0.1) is 0 Å². The molecule has 0 aromatic carbocycles. The number of hydrogen-bond acceptors (Lipinski definition) is 2. The predicted molar refractivity (Wildman–Crippen MR) is 19.7 cm³/mol. The normalized spacial score (nSPS) is 18.0. The Morgan fingerprint density at radius 3 is 1.67 bits per heavy atom. The first-order chi connectivity index (χ1) is 2.79. The molecule has 0 unspecified atom stereocenters. The summed E-state index contributed by atoms with van der Waals surface area (Å²) in [7, 11) is 1.00. The van der Waals surface area contributed by atoms with E-state index in [1.807, 2.05) is 5.32 Å². The van der Waals surface area contributed by atoms with Gasteiger partial charge in [0.15, 0.2) is 11.6 Å². The van der Waals surface area contributed by atoms with Crippen LogP contribution in [0.25, 0.3) is 0 Å². The summed E-state index contributed by atoms with van der Waals surface area (Å²) in [5.74, 6) is -0.583. The third kappa shape index (κ3) is 0.300. The molecule has 0 aromatic heterocycles. The van der Waals surface area contributed by atoms with Crippen LogP contribution in [0.2, 0.25) is 0 Å². The fraction of sp³-hybridized carbons (Fsp3) is 0. The van der Waals surface area contributed by atoms with E-state index in [2.05, 4.69) is 0 Å². The maximum absolute atomic E-state index is 9.72. The summed E-state index contributed by atoms with van der Waals surface area (Å²) in [6, 6.07) is 0. The zero-order valence-corrected chi connectivity index (χ0v) is 2.89. The molecule has 29 valence electrons. The molecular weight excluding hydrogens is 80.8 g/mol. The summed E-state index contributed by atoms with van der Waals surface area (Å²) in [6.07, 6.45) is 0. The molecule has 0 aromatic rings. The fourth-order valence-electron chi connectivity index (χ4n) is 0.235. The van der Waals surface area contributed by atoms with Gasteiger partial charge in [0.1, 0.15) is 0 Å².